The number of aromatic nitrogens is 3. The Balaban J connectivity index is 1.53. The SMILES string of the molecule is CCc1cc(NC(=O)C(=O)N2C[C@H](C)C(F)(F)C[C@H]2c2ccc3[nH]ncc3c2)cnc1NC(=O)OC(C)(C)C. The topological polar surface area (TPSA) is 129 Å². The number of carbonyl (C=O) groups is 3. The van der Waals surface area contributed by atoms with Gasteiger partial charge in [0.05, 0.1) is 29.6 Å². The third-order valence-electron chi connectivity index (χ3n) is 6.56. The number of carbonyl (C=O) groups excluding carboxylic acids is 3. The molecular formula is C27H32F2N6O4. The zero-order valence-electron chi connectivity index (χ0n) is 22.5. The average molecular weight is 543 g/mol. The van der Waals surface area contributed by atoms with Crippen LogP contribution in [0.15, 0.2) is 36.7 Å². The van der Waals surface area contributed by atoms with Gasteiger partial charge in [-0.1, -0.05) is 19.9 Å². The minimum Gasteiger partial charge on any atom is -0.444 e. The van der Waals surface area contributed by atoms with Gasteiger partial charge in [-0.25, -0.2) is 18.6 Å². The zero-order valence-corrected chi connectivity index (χ0v) is 22.5. The summed E-state index contributed by atoms with van der Waals surface area (Å²) in [4.78, 5) is 43.9. The quantitative estimate of drug-likeness (QED) is 0.396. The summed E-state index contributed by atoms with van der Waals surface area (Å²) in [5.41, 5.74) is 1.36. The van der Waals surface area contributed by atoms with Crippen LogP contribution in [-0.2, 0) is 20.7 Å². The van der Waals surface area contributed by atoms with Crippen LogP contribution in [0.25, 0.3) is 10.9 Å². The van der Waals surface area contributed by atoms with Crippen molar-refractivity contribution in [2.75, 3.05) is 17.2 Å². The number of piperidine rings is 1. The molecule has 1 aliphatic heterocycles. The van der Waals surface area contributed by atoms with Crippen molar-refractivity contribution in [3.63, 3.8) is 0 Å². The molecule has 1 aromatic carbocycles. The summed E-state index contributed by atoms with van der Waals surface area (Å²) in [6.07, 6.45) is 2.05. The van der Waals surface area contributed by atoms with Gasteiger partial charge in [0.15, 0.2) is 0 Å². The molecule has 12 heteroatoms. The molecule has 0 radical (unpaired) electrons. The second-order valence-electron chi connectivity index (χ2n) is 10.7. The van der Waals surface area contributed by atoms with E-state index in [0.29, 0.717) is 22.9 Å². The van der Waals surface area contributed by atoms with Crippen molar-refractivity contribution >= 4 is 40.3 Å². The van der Waals surface area contributed by atoms with Crippen LogP contribution in [0.1, 0.15) is 58.2 Å². The van der Waals surface area contributed by atoms with Crippen molar-refractivity contribution in [1.29, 1.82) is 0 Å². The Morgan fingerprint density at radius 2 is 1.92 bits per heavy atom. The Morgan fingerprint density at radius 1 is 1.18 bits per heavy atom. The second kappa shape index (κ2) is 10.6. The fourth-order valence-corrected chi connectivity index (χ4v) is 4.49. The summed E-state index contributed by atoms with van der Waals surface area (Å²) in [5, 5.41) is 12.6. The maximum absolute atomic E-state index is 14.8. The highest BCUT2D eigenvalue weighted by Crippen LogP contribution is 2.43. The van der Waals surface area contributed by atoms with E-state index in [1.54, 1.807) is 51.2 Å². The van der Waals surface area contributed by atoms with E-state index in [1.807, 2.05) is 6.92 Å². The molecule has 3 heterocycles. The van der Waals surface area contributed by atoms with Gasteiger partial charge in [0, 0.05) is 24.3 Å². The van der Waals surface area contributed by atoms with Crippen molar-refractivity contribution in [2.24, 2.45) is 5.92 Å². The van der Waals surface area contributed by atoms with Gasteiger partial charge in [-0.05, 0) is 56.5 Å². The van der Waals surface area contributed by atoms with E-state index in [-0.39, 0.29) is 18.1 Å². The molecule has 1 saturated heterocycles. The number of halogens is 2. The monoisotopic (exact) mass is 542 g/mol. The molecule has 2 atom stereocenters. The van der Waals surface area contributed by atoms with E-state index in [1.165, 1.54) is 18.0 Å². The predicted molar refractivity (Wildman–Crippen MR) is 141 cm³/mol. The number of amides is 3. The van der Waals surface area contributed by atoms with Gasteiger partial charge in [-0.2, -0.15) is 5.10 Å². The van der Waals surface area contributed by atoms with Gasteiger partial charge >= 0.3 is 17.9 Å². The molecule has 0 saturated carbocycles. The summed E-state index contributed by atoms with van der Waals surface area (Å²) in [5.74, 6) is -5.78. The minimum absolute atomic E-state index is 0.228. The van der Waals surface area contributed by atoms with Crippen LogP contribution in [0.4, 0.5) is 25.1 Å². The Labute approximate surface area is 224 Å². The molecule has 0 unspecified atom stereocenters. The number of pyridine rings is 1. The lowest BCUT2D eigenvalue weighted by molar-refractivity contribution is -0.159. The molecular weight excluding hydrogens is 510 g/mol. The van der Waals surface area contributed by atoms with Gasteiger partial charge in [-0.15, -0.1) is 0 Å². The van der Waals surface area contributed by atoms with E-state index in [4.69, 9.17) is 4.74 Å². The first-order chi connectivity index (χ1) is 18.3. The molecule has 3 amide bonds. The Hall–Kier alpha value is -4.09. The Kier molecular flexibility index (Phi) is 7.58. The van der Waals surface area contributed by atoms with E-state index < -0.39 is 47.8 Å². The number of aryl methyl sites for hydroxylation is 1. The zero-order chi connectivity index (χ0) is 28.5. The molecule has 3 N–H and O–H groups in total. The lowest BCUT2D eigenvalue weighted by Gasteiger charge is -2.42. The lowest BCUT2D eigenvalue weighted by atomic mass is 9.86. The lowest BCUT2D eigenvalue weighted by Crippen LogP contribution is -2.52. The maximum atomic E-state index is 14.8. The Bertz CT molecular complexity index is 1400. The number of ether oxygens (including phenoxy) is 1. The summed E-state index contributed by atoms with van der Waals surface area (Å²) < 4.78 is 34.8. The van der Waals surface area contributed by atoms with Crippen molar-refractivity contribution < 1.29 is 27.9 Å². The first kappa shape index (κ1) is 27.9. The highest BCUT2D eigenvalue weighted by atomic mass is 19.3. The molecule has 3 aromatic rings. The maximum Gasteiger partial charge on any atom is 0.413 e. The van der Waals surface area contributed by atoms with Crippen LogP contribution in [0.2, 0.25) is 0 Å². The second-order valence-corrected chi connectivity index (χ2v) is 10.7. The van der Waals surface area contributed by atoms with Gasteiger partial charge in [-0.3, -0.25) is 20.0 Å². The third-order valence-corrected chi connectivity index (χ3v) is 6.56. The van der Waals surface area contributed by atoms with E-state index in [0.717, 1.165) is 5.52 Å². The number of anilines is 2. The van der Waals surface area contributed by atoms with Crippen LogP contribution in [-0.4, -0.2) is 56.1 Å². The standard InChI is InChI=1S/C27H32F2N6O4/c1-6-16-10-19(13-30-22(16)33-25(38)39-26(3,4)5)32-23(36)24(37)35-14-15(2)27(28,29)11-21(35)17-7-8-20-18(9-17)12-31-34-20/h7-10,12-13,15,21H,6,11,14H2,1-5H3,(H,31,34)(H,32,36)(H,30,33,38)/t15-,21-/m0/s1. The number of hydrogen-bond donors (Lipinski definition) is 3. The molecule has 208 valence electrons. The molecule has 2 aromatic heterocycles. The predicted octanol–water partition coefficient (Wildman–Crippen LogP) is 5.05. The Morgan fingerprint density at radius 3 is 2.62 bits per heavy atom. The molecule has 0 spiro atoms. The van der Waals surface area contributed by atoms with Gasteiger partial charge in [0.25, 0.3) is 5.92 Å². The van der Waals surface area contributed by atoms with Crippen LogP contribution >= 0.6 is 0 Å². The fraction of sp³-hybridized carbons (Fsp3) is 0.444. The average Bonchev–Trinajstić information content (AvgIpc) is 3.32. The van der Waals surface area contributed by atoms with Gasteiger partial charge in [0.2, 0.25) is 0 Å². The fourth-order valence-electron chi connectivity index (χ4n) is 4.49. The van der Waals surface area contributed by atoms with Gasteiger partial charge < -0.3 is 15.0 Å². The number of rotatable bonds is 4. The van der Waals surface area contributed by atoms with Crippen LogP contribution in [0, 0.1) is 5.92 Å². The number of benzene rings is 1. The highest BCUT2D eigenvalue weighted by molar-refractivity contribution is 6.39. The van der Waals surface area contributed by atoms with E-state index in [9.17, 15) is 23.2 Å². The molecule has 0 bridgehead atoms. The van der Waals surface area contributed by atoms with Crippen molar-refractivity contribution in [1.82, 2.24) is 20.1 Å². The van der Waals surface area contributed by atoms with E-state index >= 15 is 0 Å². The summed E-state index contributed by atoms with van der Waals surface area (Å²) >= 11 is 0. The van der Waals surface area contributed by atoms with Crippen molar-refractivity contribution in [3.8, 4) is 0 Å². The summed E-state index contributed by atoms with van der Waals surface area (Å²) in [6, 6.07) is 5.65. The molecule has 39 heavy (non-hydrogen) atoms. The largest absolute Gasteiger partial charge is 0.444 e. The highest BCUT2D eigenvalue weighted by Gasteiger charge is 2.48. The molecule has 4 rings (SSSR count). The smallest absolute Gasteiger partial charge is 0.413 e. The third kappa shape index (κ3) is 6.32. The van der Waals surface area contributed by atoms with Crippen LogP contribution in [0.3, 0.4) is 0 Å². The first-order valence-corrected chi connectivity index (χ1v) is 12.7. The van der Waals surface area contributed by atoms with E-state index in [2.05, 4.69) is 25.8 Å². The number of H-pyrrole nitrogens is 1. The number of fused-ring (bicyclic) bond motifs is 1. The molecule has 1 fully saturated rings. The molecule has 1 aliphatic rings. The number of nitrogens with zero attached hydrogens (tertiary/aromatic N) is 3. The summed E-state index contributed by atoms with van der Waals surface area (Å²) in [7, 11) is 0. The minimum atomic E-state index is -3.01. The van der Waals surface area contributed by atoms with Crippen molar-refractivity contribution in [3.05, 3.63) is 47.8 Å². The number of aromatic amines is 1. The van der Waals surface area contributed by atoms with Crippen molar-refractivity contribution in [2.45, 2.75) is 65.0 Å². The molecule has 10 nitrogen and oxygen atoms in total. The first-order valence-electron chi connectivity index (χ1n) is 12.7. The number of likely N-dealkylation sites (tertiary alicyclic amines) is 1. The van der Waals surface area contributed by atoms with Crippen LogP contribution in [0.5, 0.6) is 0 Å². The number of nitrogens with one attached hydrogen (secondary N) is 3. The number of hydrogen-bond acceptors (Lipinski definition) is 6. The van der Waals surface area contributed by atoms with Crippen LogP contribution < -0.4 is 10.6 Å². The number of alkyl halides is 2. The molecule has 0 aliphatic carbocycles. The summed E-state index contributed by atoms with van der Waals surface area (Å²) in [6.45, 7) is 8.12. The van der Waals surface area contributed by atoms with Gasteiger partial charge in [0.1, 0.15) is 11.4 Å². The normalized spacial score (nSPS) is 19.0.